The van der Waals surface area contributed by atoms with E-state index in [9.17, 15) is 9.59 Å². The minimum atomic E-state index is 0.0996. The first-order chi connectivity index (χ1) is 12.1. The Labute approximate surface area is 150 Å². The number of piperazine rings is 1. The molecular formula is C21H28N2O2. The summed E-state index contributed by atoms with van der Waals surface area (Å²) < 4.78 is 0. The lowest BCUT2D eigenvalue weighted by atomic mass is 9.86. The molecule has 3 atom stereocenters. The maximum absolute atomic E-state index is 12.7. The van der Waals surface area contributed by atoms with Gasteiger partial charge in [-0.05, 0) is 68.2 Å². The molecule has 4 rings (SSSR count). The smallest absolute Gasteiger partial charge is 0.222 e. The number of amides is 1. The summed E-state index contributed by atoms with van der Waals surface area (Å²) >= 11 is 0. The Morgan fingerprint density at radius 2 is 1.72 bits per heavy atom. The fourth-order valence-electron chi connectivity index (χ4n) is 5.10. The SMILES string of the molecule is CC(=O)c1ccc(N2CCN(C(=O)C[C@H]3C[C@H]4CC[C@@H]3C4)CC2)cc1. The third kappa shape index (κ3) is 3.44. The first-order valence-corrected chi connectivity index (χ1v) is 9.74. The highest BCUT2D eigenvalue weighted by Crippen LogP contribution is 2.49. The standard InChI is InChI=1S/C21H28N2O2/c1-15(24)17-4-6-20(7-5-17)22-8-10-23(11-9-22)21(25)14-19-13-16-2-3-18(19)12-16/h4-7,16,18-19H,2-3,8-14H2,1H3/t16-,18+,19+/m0/s1. The number of fused-ring (bicyclic) bond motifs is 2. The number of carbonyl (C=O) groups excluding carboxylic acids is 2. The highest BCUT2D eigenvalue weighted by Gasteiger charge is 2.40. The van der Waals surface area contributed by atoms with E-state index in [1.165, 1.54) is 25.7 Å². The number of hydrogen-bond acceptors (Lipinski definition) is 3. The molecule has 0 aromatic heterocycles. The van der Waals surface area contributed by atoms with Crippen molar-refractivity contribution in [2.75, 3.05) is 31.1 Å². The van der Waals surface area contributed by atoms with E-state index in [0.717, 1.165) is 55.7 Å². The molecule has 0 N–H and O–H groups in total. The van der Waals surface area contributed by atoms with Gasteiger partial charge in [0.25, 0.3) is 0 Å². The lowest BCUT2D eigenvalue weighted by Gasteiger charge is -2.37. The normalized spacial score (nSPS) is 28.4. The molecule has 4 nitrogen and oxygen atoms in total. The predicted octanol–water partition coefficient (Wildman–Crippen LogP) is 3.36. The molecular weight excluding hydrogens is 312 g/mol. The molecule has 2 saturated carbocycles. The Morgan fingerprint density at radius 3 is 2.28 bits per heavy atom. The van der Waals surface area contributed by atoms with Crippen molar-refractivity contribution >= 4 is 17.4 Å². The average Bonchev–Trinajstić information content (AvgIpc) is 3.25. The van der Waals surface area contributed by atoms with Gasteiger partial charge in [0.2, 0.25) is 5.91 Å². The van der Waals surface area contributed by atoms with Crippen LogP contribution in [0.5, 0.6) is 0 Å². The van der Waals surface area contributed by atoms with Gasteiger partial charge in [0.1, 0.15) is 0 Å². The van der Waals surface area contributed by atoms with Crippen LogP contribution in [-0.4, -0.2) is 42.8 Å². The first-order valence-electron chi connectivity index (χ1n) is 9.74. The van der Waals surface area contributed by atoms with Crippen LogP contribution in [0.4, 0.5) is 5.69 Å². The molecule has 1 aromatic rings. The van der Waals surface area contributed by atoms with Crippen molar-refractivity contribution in [3.8, 4) is 0 Å². The third-order valence-electron chi connectivity index (χ3n) is 6.59. The zero-order valence-electron chi connectivity index (χ0n) is 15.1. The number of anilines is 1. The minimum Gasteiger partial charge on any atom is -0.368 e. The van der Waals surface area contributed by atoms with E-state index in [4.69, 9.17) is 0 Å². The van der Waals surface area contributed by atoms with E-state index >= 15 is 0 Å². The summed E-state index contributed by atoms with van der Waals surface area (Å²) in [6, 6.07) is 7.82. The van der Waals surface area contributed by atoms with Crippen LogP contribution in [0.15, 0.2) is 24.3 Å². The molecule has 134 valence electrons. The molecule has 2 bridgehead atoms. The number of ketones is 1. The summed E-state index contributed by atoms with van der Waals surface area (Å²) in [5, 5.41) is 0. The molecule has 1 saturated heterocycles. The summed E-state index contributed by atoms with van der Waals surface area (Å²) in [5.74, 6) is 2.86. The van der Waals surface area contributed by atoms with Gasteiger partial charge < -0.3 is 9.80 Å². The van der Waals surface area contributed by atoms with Crippen molar-refractivity contribution in [3.63, 3.8) is 0 Å². The molecule has 1 aromatic carbocycles. The van der Waals surface area contributed by atoms with Crippen LogP contribution in [0.2, 0.25) is 0 Å². The van der Waals surface area contributed by atoms with Gasteiger partial charge in [-0.15, -0.1) is 0 Å². The van der Waals surface area contributed by atoms with Crippen molar-refractivity contribution < 1.29 is 9.59 Å². The van der Waals surface area contributed by atoms with Gasteiger partial charge in [0.05, 0.1) is 0 Å². The highest BCUT2D eigenvalue weighted by atomic mass is 16.2. The van der Waals surface area contributed by atoms with E-state index < -0.39 is 0 Å². The van der Waals surface area contributed by atoms with Crippen molar-refractivity contribution in [2.24, 2.45) is 17.8 Å². The second-order valence-corrected chi connectivity index (χ2v) is 8.11. The van der Waals surface area contributed by atoms with Gasteiger partial charge in [-0.3, -0.25) is 9.59 Å². The summed E-state index contributed by atoms with van der Waals surface area (Å²) in [7, 11) is 0. The second kappa shape index (κ2) is 6.81. The molecule has 3 fully saturated rings. The van der Waals surface area contributed by atoms with Gasteiger partial charge in [-0.25, -0.2) is 0 Å². The zero-order chi connectivity index (χ0) is 17.4. The molecule has 1 amide bonds. The van der Waals surface area contributed by atoms with Crippen LogP contribution in [0.25, 0.3) is 0 Å². The van der Waals surface area contributed by atoms with E-state index in [-0.39, 0.29) is 5.78 Å². The summed E-state index contributed by atoms with van der Waals surface area (Å²) in [5.41, 5.74) is 1.90. The van der Waals surface area contributed by atoms with Crippen molar-refractivity contribution in [1.82, 2.24) is 4.90 Å². The van der Waals surface area contributed by atoms with E-state index in [2.05, 4.69) is 9.80 Å². The summed E-state index contributed by atoms with van der Waals surface area (Å²) in [4.78, 5) is 28.4. The van der Waals surface area contributed by atoms with Crippen LogP contribution in [0.3, 0.4) is 0 Å². The maximum Gasteiger partial charge on any atom is 0.222 e. The first kappa shape index (κ1) is 16.6. The summed E-state index contributed by atoms with van der Waals surface area (Å²) in [6.07, 6.45) is 6.19. The molecule has 0 unspecified atom stereocenters. The number of rotatable bonds is 4. The number of carbonyl (C=O) groups is 2. The van der Waals surface area contributed by atoms with Crippen molar-refractivity contribution in [2.45, 2.75) is 39.0 Å². The van der Waals surface area contributed by atoms with Crippen molar-refractivity contribution in [1.29, 1.82) is 0 Å². The van der Waals surface area contributed by atoms with Gasteiger partial charge in [0.15, 0.2) is 5.78 Å². The zero-order valence-corrected chi connectivity index (χ0v) is 15.1. The topological polar surface area (TPSA) is 40.6 Å². The number of benzene rings is 1. The molecule has 4 heteroatoms. The Balaban J connectivity index is 1.29. The Hall–Kier alpha value is -1.84. The second-order valence-electron chi connectivity index (χ2n) is 8.11. The van der Waals surface area contributed by atoms with Gasteiger partial charge >= 0.3 is 0 Å². The largest absolute Gasteiger partial charge is 0.368 e. The molecule has 1 heterocycles. The fourth-order valence-corrected chi connectivity index (χ4v) is 5.10. The lowest BCUT2D eigenvalue weighted by Crippen LogP contribution is -2.49. The fraction of sp³-hybridized carbons (Fsp3) is 0.619. The molecule has 0 radical (unpaired) electrons. The Morgan fingerprint density at radius 1 is 1.00 bits per heavy atom. The Bertz CT molecular complexity index is 646. The van der Waals surface area contributed by atoms with Crippen LogP contribution in [0, 0.1) is 17.8 Å². The van der Waals surface area contributed by atoms with Crippen molar-refractivity contribution in [3.05, 3.63) is 29.8 Å². The molecule has 2 aliphatic carbocycles. The Kier molecular flexibility index (Phi) is 4.53. The highest BCUT2D eigenvalue weighted by molar-refractivity contribution is 5.94. The quantitative estimate of drug-likeness (QED) is 0.789. The maximum atomic E-state index is 12.7. The molecule has 1 aliphatic heterocycles. The van der Waals surface area contributed by atoms with Gasteiger partial charge in [-0.1, -0.05) is 6.42 Å². The number of hydrogen-bond donors (Lipinski definition) is 0. The van der Waals surface area contributed by atoms with E-state index in [1.54, 1.807) is 6.92 Å². The number of nitrogens with zero attached hydrogens (tertiary/aromatic N) is 2. The predicted molar refractivity (Wildman–Crippen MR) is 98.8 cm³/mol. The monoisotopic (exact) mass is 340 g/mol. The third-order valence-corrected chi connectivity index (χ3v) is 6.59. The van der Waals surface area contributed by atoms with Crippen LogP contribution < -0.4 is 4.90 Å². The van der Waals surface area contributed by atoms with E-state index in [0.29, 0.717) is 11.8 Å². The van der Waals surface area contributed by atoms with Crippen LogP contribution >= 0.6 is 0 Å². The van der Waals surface area contributed by atoms with Gasteiger partial charge in [0, 0.05) is 43.9 Å². The summed E-state index contributed by atoms with van der Waals surface area (Å²) in [6.45, 7) is 4.97. The molecule has 3 aliphatic rings. The molecule has 25 heavy (non-hydrogen) atoms. The molecule has 0 spiro atoms. The van der Waals surface area contributed by atoms with Gasteiger partial charge in [-0.2, -0.15) is 0 Å². The van der Waals surface area contributed by atoms with E-state index in [1.807, 2.05) is 24.3 Å². The number of Topliss-reactive ketones (excluding diaryl/α,β-unsaturated/α-hetero) is 1. The average molecular weight is 340 g/mol. The minimum absolute atomic E-state index is 0.0996. The lowest BCUT2D eigenvalue weighted by molar-refractivity contribution is -0.132. The van der Waals surface area contributed by atoms with Crippen LogP contribution in [-0.2, 0) is 4.79 Å². The van der Waals surface area contributed by atoms with Crippen LogP contribution in [0.1, 0.15) is 49.4 Å².